The zero-order chi connectivity index (χ0) is 11.1. The van der Waals surface area contributed by atoms with Crippen LogP contribution in [0.1, 0.15) is 18.0 Å². The van der Waals surface area contributed by atoms with Crippen LogP contribution in [-0.2, 0) is 4.74 Å². The third kappa shape index (κ3) is 1.40. The largest absolute Gasteiger partial charge is 0.447 e. The van der Waals surface area contributed by atoms with E-state index in [-0.39, 0.29) is 18.2 Å². The molecule has 0 radical (unpaired) electrons. The van der Waals surface area contributed by atoms with Crippen molar-refractivity contribution in [3.8, 4) is 0 Å². The van der Waals surface area contributed by atoms with Gasteiger partial charge in [0, 0.05) is 0 Å². The van der Waals surface area contributed by atoms with Gasteiger partial charge in [-0.25, -0.2) is 4.79 Å². The Balaban J connectivity index is 1.90. The van der Waals surface area contributed by atoms with Crippen LogP contribution in [0.2, 0.25) is 0 Å². The Morgan fingerprint density at radius 2 is 1.94 bits per heavy atom. The molecule has 0 N–H and O–H groups in total. The van der Waals surface area contributed by atoms with Crippen LogP contribution in [0.15, 0.2) is 42.5 Å². The van der Waals surface area contributed by atoms with Crippen LogP contribution in [0.5, 0.6) is 0 Å². The third-order valence-electron chi connectivity index (χ3n) is 3.20. The molecule has 3 heteroatoms. The molecule has 0 bridgehead atoms. The minimum atomic E-state index is -0.211. The lowest BCUT2D eigenvalue weighted by atomic mass is 10.1. The van der Waals surface area contributed by atoms with E-state index in [2.05, 4.69) is 6.58 Å². The molecule has 0 aromatic heterocycles. The molecule has 1 saturated carbocycles. The van der Waals surface area contributed by atoms with Crippen molar-refractivity contribution >= 4 is 6.09 Å². The van der Waals surface area contributed by atoms with Crippen LogP contribution in [0.25, 0.3) is 0 Å². The topological polar surface area (TPSA) is 29.5 Å². The molecule has 16 heavy (non-hydrogen) atoms. The van der Waals surface area contributed by atoms with Gasteiger partial charge in [0.25, 0.3) is 0 Å². The molecule has 1 aliphatic heterocycles. The standard InChI is InChI=1S/C13H13NO2/c1-9-7-11(9)14-12(8-16-13(14)15)10-5-3-2-4-6-10/h2-6,11-12H,1,7-8H2/t11-,12-/m1/s1. The number of cyclic esters (lactones) is 1. The highest BCUT2D eigenvalue weighted by Gasteiger charge is 2.45. The Bertz CT molecular complexity index is 441. The number of carbonyl (C=O) groups excluding carboxylic acids is 1. The molecule has 3 rings (SSSR count). The number of nitrogens with zero attached hydrogens (tertiary/aromatic N) is 1. The number of rotatable bonds is 2. The predicted octanol–water partition coefficient (Wildman–Crippen LogP) is 2.51. The van der Waals surface area contributed by atoms with Gasteiger partial charge in [0.2, 0.25) is 0 Å². The molecule has 2 aliphatic rings. The maximum atomic E-state index is 11.6. The Hall–Kier alpha value is -1.77. The number of hydrogen-bond donors (Lipinski definition) is 0. The van der Waals surface area contributed by atoms with Crippen LogP contribution in [-0.4, -0.2) is 23.6 Å². The Labute approximate surface area is 94.3 Å². The second-order valence-electron chi connectivity index (χ2n) is 4.29. The first-order chi connectivity index (χ1) is 7.77. The van der Waals surface area contributed by atoms with Gasteiger partial charge in [0.15, 0.2) is 0 Å². The molecule has 1 aromatic carbocycles. The van der Waals surface area contributed by atoms with Gasteiger partial charge in [-0.15, -0.1) is 0 Å². The highest BCUT2D eigenvalue weighted by Crippen LogP contribution is 2.41. The molecule has 0 spiro atoms. The Morgan fingerprint density at radius 3 is 2.56 bits per heavy atom. The van der Waals surface area contributed by atoms with E-state index < -0.39 is 0 Å². The van der Waals surface area contributed by atoms with Gasteiger partial charge in [-0.1, -0.05) is 42.5 Å². The van der Waals surface area contributed by atoms with Crippen molar-refractivity contribution in [2.45, 2.75) is 18.5 Å². The molecule has 0 unspecified atom stereocenters. The molecule has 1 aliphatic carbocycles. The lowest BCUT2D eigenvalue weighted by Crippen LogP contribution is -2.29. The summed E-state index contributed by atoms with van der Waals surface area (Å²) in [7, 11) is 0. The molecule has 82 valence electrons. The zero-order valence-electron chi connectivity index (χ0n) is 8.93. The smallest absolute Gasteiger partial charge is 0.411 e. The van der Waals surface area contributed by atoms with Crippen LogP contribution < -0.4 is 0 Å². The van der Waals surface area contributed by atoms with E-state index >= 15 is 0 Å². The van der Waals surface area contributed by atoms with Crippen LogP contribution in [0.3, 0.4) is 0 Å². The minimum absolute atomic E-state index is 0.0537. The molecule has 2 fully saturated rings. The van der Waals surface area contributed by atoms with Crippen molar-refractivity contribution in [3.63, 3.8) is 0 Å². The van der Waals surface area contributed by atoms with Gasteiger partial charge < -0.3 is 4.74 Å². The SMILES string of the molecule is C=C1C[C@H]1N1C(=O)OC[C@@H]1c1ccccc1. The highest BCUT2D eigenvalue weighted by molar-refractivity contribution is 5.72. The first-order valence-electron chi connectivity index (χ1n) is 5.45. The summed E-state index contributed by atoms with van der Waals surface area (Å²) in [5, 5.41) is 0. The molecule has 3 nitrogen and oxygen atoms in total. The van der Waals surface area contributed by atoms with Gasteiger partial charge >= 0.3 is 6.09 Å². The van der Waals surface area contributed by atoms with E-state index in [0.29, 0.717) is 6.61 Å². The van der Waals surface area contributed by atoms with Crippen molar-refractivity contribution in [1.82, 2.24) is 4.90 Å². The van der Waals surface area contributed by atoms with E-state index in [4.69, 9.17) is 4.74 Å². The van der Waals surface area contributed by atoms with Gasteiger partial charge in [-0.3, -0.25) is 4.90 Å². The van der Waals surface area contributed by atoms with Gasteiger partial charge in [-0.05, 0) is 12.0 Å². The summed E-state index contributed by atoms with van der Waals surface area (Å²) in [6.07, 6.45) is 0.704. The van der Waals surface area contributed by atoms with Gasteiger partial charge in [0.05, 0.1) is 12.1 Å². The summed E-state index contributed by atoms with van der Waals surface area (Å²) in [6, 6.07) is 10.3. The molecule has 2 atom stereocenters. The summed E-state index contributed by atoms with van der Waals surface area (Å²) in [5.41, 5.74) is 2.26. The van der Waals surface area contributed by atoms with Gasteiger partial charge in [-0.2, -0.15) is 0 Å². The number of hydrogen-bond acceptors (Lipinski definition) is 2. The third-order valence-corrected chi connectivity index (χ3v) is 3.20. The fourth-order valence-corrected chi connectivity index (χ4v) is 2.19. The normalized spacial score (nSPS) is 28.1. The molecule has 1 saturated heterocycles. The molecule has 1 aromatic rings. The summed E-state index contributed by atoms with van der Waals surface area (Å²) in [5.74, 6) is 0. The second-order valence-corrected chi connectivity index (χ2v) is 4.29. The summed E-state index contributed by atoms with van der Waals surface area (Å²) >= 11 is 0. The average molecular weight is 215 g/mol. The van der Waals surface area contributed by atoms with Crippen LogP contribution in [0.4, 0.5) is 4.79 Å². The van der Waals surface area contributed by atoms with E-state index in [1.54, 1.807) is 0 Å². The summed E-state index contributed by atoms with van der Waals surface area (Å²) in [4.78, 5) is 13.5. The first kappa shape index (κ1) is 9.46. The molecular weight excluding hydrogens is 202 g/mol. The molecular formula is C13H13NO2. The lowest BCUT2D eigenvalue weighted by molar-refractivity contribution is 0.157. The van der Waals surface area contributed by atoms with E-state index in [1.807, 2.05) is 35.2 Å². The number of amides is 1. The van der Waals surface area contributed by atoms with Crippen molar-refractivity contribution < 1.29 is 9.53 Å². The predicted molar refractivity (Wildman–Crippen MR) is 59.9 cm³/mol. The minimum Gasteiger partial charge on any atom is -0.447 e. The quantitative estimate of drug-likeness (QED) is 0.709. The zero-order valence-corrected chi connectivity index (χ0v) is 8.93. The van der Waals surface area contributed by atoms with E-state index in [9.17, 15) is 4.79 Å². The second kappa shape index (κ2) is 3.37. The maximum Gasteiger partial charge on any atom is 0.411 e. The highest BCUT2D eigenvalue weighted by atomic mass is 16.6. The van der Waals surface area contributed by atoms with Crippen molar-refractivity contribution in [1.29, 1.82) is 0 Å². The van der Waals surface area contributed by atoms with Gasteiger partial charge in [0.1, 0.15) is 6.61 Å². The fourth-order valence-electron chi connectivity index (χ4n) is 2.19. The first-order valence-corrected chi connectivity index (χ1v) is 5.45. The van der Waals surface area contributed by atoms with Crippen molar-refractivity contribution in [3.05, 3.63) is 48.0 Å². The number of ether oxygens (including phenoxy) is 1. The van der Waals surface area contributed by atoms with Crippen molar-refractivity contribution in [2.75, 3.05) is 6.61 Å². The average Bonchev–Trinajstić information content (AvgIpc) is 2.88. The summed E-state index contributed by atoms with van der Waals surface area (Å²) in [6.45, 7) is 4.36. The molecule has 1 heterocycles. The van der Waals surface area contributed by atoms with Crippen molar-refractivity contribution in [2.24, 2.45) is 0 Å². The van der Waals surface area contributed by atoms with Crippen LogP contribution in [0, 0.1) is 0 Å². The number of carbonyl (C=O) groups is 1. The monoisotopic (exact) mass is 215 g/mol. The Kier molecular flexibility index (Phi) is 1.99. The van der Waals surface area contributed by atoms with E-state index in [0.717, 1.165) is 17.6 Å². The van der Waals surface area contributed by atoms with E-state index in [1.165, 1.54) is 0 Å². The van der Waals surface area contributed by atoms with Crippen LogP contribution >= 0.6 is 0 Å². The number of benzene rings is 1. The summed E-state index contributed by atoms with van der Waals surface area (Å²) < 4.78 is 5.13. The fraction of sp³-hybridized carbons (Fsp3) is 0.308. The lowest BCUT2D eigenvalue weighted by Gasteiger charge is -2.20. The maximum absolute atomic E-state index is 11.6. The Morgan fingerprint density at radius 1 is 1.25 bits per heavy atom. The molecule has 1 amide bonds.